The molecule has 0 rings (SSSR count). The Labute approximate surface area is 52.7 Å². The van der Waals surface area contributed by atoms with Gasteiger partial charge in [-0.1, -0.05) is 5.18 Å². The van der Waals surface area contributed by atoms with E-state index in [0.717, 1.165) is 0 Å². The molecule has 0 saturated heterocycles. The van der Waals surface area contributed by atoms with Crippen molar-refractivity contribution in [1.29, 1.82) is 0 Å². The van der Waals surface area contributed by atoms with Crippen molar-refractivity contribution >= 4 is 6.21 Å². The molecule has 0 unspecified atom stereocenters. The van der Waals surface area contributed by atoms with Gasteiger partial charge >= 0.3 is 0 Å². The van der Waals surface area contributed by atoms with Gasteiger partial charge < -0.3 is 5.21 Å². The van der Waals surface area contributed by atoms with Crippen molar-refractivity contribution in [3.8, 4) is 0 Å². The van der Waals surface area contributed by atoms with Gasteiger partial charge in [-0.2, -0.15) is 4.91 Å². The van der Waals surface area contributed by atoms with Crippen LogP contribution in [-0.4, -0.2) is 31.1 Å². The topological polar surface area (TPSA) is 74.0 Å². The quantitative estimate of drug-likeness (QED) is 0.235. The molecule has 0 saturated carbocycles. The van der Waals surface area contributed by atoms with Gasteiger partial charge in [-0.15, -0.1) is 0 Å². The lowest BCUT2D eigenvalue weighted by Crippen LogP contribution is -2.09. The van der Waals surface area contributed by atoms with Crippen molar-refractivity contribution in [1.82, 2.24) is 5.48 Å². The van der Waals surface area contributed by atoms with Crippen LogP contribution in [0.3, 0.4) is 0 Å². The SMILES string of the molecule is O=NCCN=CCNO. The molecule has 0 aromatic rings. The second-order valence-electron chi connectivity index (χ2n) is 1.30. The molecule has 0 atom stereocenters. The fraction of sp³-hybridized carbons (Fsp3) is 0.750. The predicted octanol–water partition coefficient (Wildman–Crippen LogP) is -0.198. The van der Waals surface area contributed by atoms with Crippen LogP contribution in [0.25, 0.3) is 0 Å². The fourth-order valence-corrected chi connectivity index (χ4v) is 0.295. The molecule has 9 heavy (non-hydrogen) atoms. The van der Waals surface area contributed by atoms with Crippen LogP contribution in [0.15, 0.2) is 10.2 Å². The molecule has 0 aromatic carbocycles. The summed E-state index contributed by atoms with van der Waals surface area (Å²) in [6.07, 6.45) is 1.48. The summed E-state index contributed by atoms with van der Waals surface area (Å²) < 4.78 is 0. The summed E-state index contributed by atoms with van der Waals surface area (Å²) in [5, 5.41) is 10.6. The zero-order valence-electron chi connectivity index (χ0n) is 4.95. The second-order valence-corrected chi connectivity index (χ2v) is 1.30. The van der Waals surface area contributed by atoms with Crippen LogP contribution >= 0.6 is 0 Å². The van der Waals surface area contributed by atoms with Crippen molar-refractivity contribution in [2.75, 3.05) is 19.6 Å². The molecule has 0 bridgehead atoms. The third kappa shape index (κ3) is 7.19. The predicted molar refractivity (Wildman–Crippen MR) is 33.8 cm³/mol. The van der Waals surface area contributed by atoms with E-state index in [1.165, 1.54) is 6.21 Å². The third-order valence-electron chi connectivity index (χ3n) is 0.632. The van der Waals surface area contributed by atoms with Crippen LogP contribution in [-0.2, 0) is 0 Å². The zero-order valence-corrected chi connectivity index (χ0v) is 4.95. The van der Waals surface area contributed by atoms with Crippen LogP contribution in [0.1, 0.15) is 0 Å². The molecular formula is C4H9N3O2. The summed E-state index contributed by atoms with van der Waals surface area (Å²) >= 11 is 0. The van der Waals surface area contributed by atoms with Crippen molar-refractivity contribution in [2.24, 2.45) is 10.2 Å². The lowest BCUT2D eigenvalue weighted by atomic mass is 10.6. The summed E-state index contributed by atoms with van der Waals surface area (Å²) in [7, 11) is 0. The van der Waals surface area contributed by atoms with Gasteiger partial charge in [0.25, 0.3) is 0 Å². The Morgan fingerprint density at radius 3 is 2.89 bits per heavy atom. The van der Waals surface area contributed by atoms with Crippen LogP contribution in [0, 0.1) is 4.91 Å². The fourth-order valence-electron chi connectivity index (χ4n) is 0.295. The van der Waals surface area contributed by atoms with Gasteiger partial charge in [0.2, 0.25) is 0 Å². The largest absolute Gasteiger partial charge is 0.316 e. The number of hydrogen-bond donors (Lipinski definition) is 2. The molecule has 0 aliphatic rings. The Bertz CT molecular complexity index is 93.8. The maximum atomic E-state index is 9.45. The van der Waals surface area contributed by atoms with E-state index < -0.39 is 0 Å². The van der Waals surface area contributed by atoms with E-state index in [1.54, 1.807) is 0 Å². The summed E-state index contributed by atoms with van der Waals surface area (Å²) in [6, 6.07) is 0. The standard InChI is InChI=1S/C4H9N3O2/c8-6-3-1-5-2-4-7-9/h1,6,8H,2-4H2. The summed E-state index contributed by atoms with van der Waals surface area (Å²) in [5.74, 6) is 0. The minimum Gasteiger partial charge on any atom is -0.316 e. The highest BCUT2D eigenvalue weighted by Gasteiger charge is 1.76. The maximum absolute atomic E-state index is 9.45. The van der Waals surface area contributed by atoms with E-state index in [1.807, 2.05) is 5.48 Å². The number of hydroxylamine groups is 1. The first-order valence-corrected chi connectivity index (χ1v) is 2.56. The minimum atomic E-state index is 0.196. The molecule has 5 heteroatoms. The molecule has 0 heterocycles. The molecule has 0 spiro atoms. The Morgan fingerprint density at radius 2 is 2.33 bits per heavy atom. The zero-order chi connectivity index (χ0) is 6.95. The van der Waals surface area contributed by atoms with Crippen molar-refractivity contribution < 1.29 is 5.21 Å². The lowest BCUT2D eigenvalue weighted by Gasteiger charge is -1.85. The highest BCUT2D eigenvalue weighted by atomic mass is 16.5. The summed E-state index contributed by atoms with van der Waals surface area (Å²) in [4.78, 5) is 13.2. The van der Waals surface area contributed by atoms with Crippen LogP contribution < -0.4 is 5.48 Å². The van der Waals surface area contributed by atoms with Gasteiger partial charge in [0, 0.05) is 6.21 Å². The first-order chi connectivity index (χ1) is 4.41. The number of aliphatic imine (C=N–C) groups is 1. The van der Waals surface area contributed by atoms with Crippen molar-refractivity contribution in [3.63, 3.8) is 0 Å². The highest BCUT2D eigenvalue weighted by Crippen LogP contribution is 1.68. The first-order valence-electron chi connectivity index (χ1n) is 2.56. The number of nitrogens with zero attached hydrogens (tertiary/aromatic N) is 2. The second kappa shape index (κ2) is 7.19. The van der Waals surface area contributed by atoms with E-state index >= 15 is 0 Å². The van der Waals surface area contributed by atoms with Gasteiger partial charge in [0.15, 0.2) is 0 Å². The first kappa shape index (κ1) is 8.19. The summed E-state index contributed by atoms with van der Waals surface area (Å²) in [5.41, 5.74) is 1.89. The molecule has 52 valence electrons. The van der Waals surface area contributed by atoms with Crippen molar-refractivity contribution in [2.45, 2.75) is 0 Å². The highest BCUT2D eigenvalue weighted by molar-refractivity contribution is 5.59. The van der Waals surface area contributed by atoms with E-state index in [4.69, 9.17) is 5.21 Å². The van der Waals surface area contributed by atoms with Gasteiger partial charge in [-0.3, -0.25) is 4.99 Å². The Balaban J connectivity index is 2.94. The normalized spacial score (nSPS) is 10.3. The van der Waals surface area contributed by atoms with Gasteiger partial charge in [-0.05, 0) is 0 Å². The van der Waals surface area contributed by atoms with Gasteiger partial charge in [-0.25, -0.2) is 5.48 Å². The van der Waals surface area contributed by atoms with E-state index in [9.17, 15) is 4.91 Å². The molecule has 0 fully saturated rings. The van der Waals surface area contributed by atoms with Crippen LogP contribution in [0.2, 0.25) is 0 Å². The van der Waals surface area contributed by atoms with E-state index in [-0.39, 0.29) is 6.54 Å². The van der Waals surface area contributed by atoms with Crippen LogP contribution in [0.4, 0.5) is 0 Å². The Kier molecular flexibility index (Phi) is 6.54. The summed E-state index contributed by atoms with van der Waals surface area (Å²) in [6.45, 7) is 0.895. The molecule has 0 aliphatic heterocycles. The number of nitroso groups, excluding NO2 is 1. The Morgan fingerprint density at radius 1 is 1.56 bits per heavy atom. The van der Waals surface area contributed by atoms with Gasteiger partial charge in [0.05, 0.1) is 13.1 Å². The molecule has 0 aliphatic carbocycles. The number of nitrogens with one attached hydrogen (secondary N) is 1. The monoisotopic (exact) mass is 131 g/mol. The number of hydrogen-bond acceptors (Lipinski definition) is 5. The average molecular weight is 131 g/mol. The molecule has 2 N–H and O–H groups in total. The van der Waals surface area contributed by atoms with Crippen molar-refractivity contribution in [3.05, 3.63) is 4.91 Å². The average Bonchev–Trinajstić information content (AvgIpc) is 1.89. The number of rotatable bonds is 5. The molecule has 0 aromatic heterocycles. The molecule has 0 radical (unpaired) electrons. The lowest BCUT2D eigenvalue weighted by molar-refractivity contribution is 0.184. The van der Waals surface area contributed by atoms with Gasteiger partial charge in [0.1, 0.15) is 6.54 Å². The smallest absolute Gasteiger partial charge is 0.101 e. The minimum absolute atomic E-state index is 0.196. The molecule has 0 amide bonds. The Hall–Kier alpha value is -0.810. The molecular weight excluding hydrogens is 122 g/mol. The van der Waals surface area contributed by atoms with Crippen LogP contribution in [0.5, 0.6) is 0 Å². The van der Waals surface area contributed by atoms with E-state index in [2.05, 4.69) is 10.2 Å². The third-order valence-corrected chi connectivity index (χ3v) is 0.632. The molecule has 5 nitrogen and oxygen atoms in total. The maximum Gasteiger partial charge on any atom is 0.101 e. The van der Waals surface area contributed by atoms with E-state index in [0.29, 0.717) is 13.1 Å².